The first-order valence-electron chi connectivity index (χ1n) is 6.31. The van der Waals surface area contributed by atoms with Crippen LogP contribution in [0.15, 0.2) is 28.7 Å². The minimum Gasteiger partial charge on any atom is -0.349 e. The van der Waals surface area contributed by atoms with E-state index in [0.717, 1.165) is 16.6 Å². The summed E-state index contributed by atoms with van der Waals surface area (Å²) in [4.78, 5) is 11.9. The van der Waals surface area contributed by atoms with Gasteiger partial charge in [-0.05, 0) is 32.0 Å². The average Bonchev–Trinajstić information content (AvgIpc) is 2.29. The summed E-state index contributed by atoms with van der Waals surface area (Å²) >= 11 is 3.50. The van der Waals surface area contributed by atoms with Gasteiger partial charge in [0.2, 0.25) is 5.91 Å². The lowest BCUT2D eigenvalue weighted by Crippen LogP contribution is -2.34. The first kappa shape index (κ1) is 15.2. The van der Waals surface area contributed by atoms with Gasteiger partial charge in [-0.2, -0.15) is 0 Å². The molecule has 1 aromatic rings. The van der Waals surface area contributed by atoms with Gasteiger partial charge in [-0.3, -0.25) is 4.79 Å². The van der Waals surface area contributed by atoms with Crippen LogP contribution in [-0.2, 0) is 4.79 Å². The number of hydrogen-bond acceptors (Lipinski definition) is 2. The van der Waals surface area contributed by atoms with Crippen molar-refractivity contribution in [1.82, 2.24) is 10.6 Å². The van der Waals surface area contributed by atoms with Crippen molar-refractivity contribution in [1.29, 1.82) is 0 Å². The molecule has 1 rings (SSSR count). The molecule has 18 heavy (non-hydrogen) atoms. The van der Waals surface area contributed by atoms with Crippen molar-refractivity contribution in [2.75, 3.05) is 6.54 Å². The van der Waals surface area contributed by atoms with Gasteiger partial charge in [0.05, 0.1) is 6.04 Å². The highest BCUT2D eigenvalue weighted by Crippen LogP contribution is 2.22. The molecule has 0 aliphatic heterocycles. The second-order valence-electron chi connectivity index (χ2n) is 4.47. The van der Waals surface area contributed by atoms with E-state index in [-0.39, 0.29) is 18.0 Å². The smallest absolute Gasteiger partial charge is 0.222 e. The van der Waals surface area contributed by atoms with Crippen LogP contribution in [0.2, 0.25) is 0 Å². The Labute approximate surface area is 117 Å². The number of rotatable bonds is 6. The Hall–Kier alpha value is -0.870. The molecule has 0 saturated heterocycles. The zero-order valence-electron chi connectivity index (χ0n) is 11.2. The van der Waals surface area contributed by atoms with Crippen LogP contribution >= 0.6 is 15.9 Å². The second kappa shape index (κ2) is 7.54. The molecule has 4 heteroatoms. The Balaban J connectivity index is 2.52. The van der Waals surface area contributed by atoms with Gasteiger partial charge < -0.3 is 10.6 Å². The Kier molecular flexibility index (Phi) is 6.36. The van der Waals surface area contributed by atoms with Crippen LogP contribution < -0.4 is 10.6 Å². The maximum absolute atomic E-state index is 11.9. The van der Waals surface area contributed by atoms with Gasteiger partial charge in [0.15, 0.2) is 0 Å². The fraction of sp³-hybridized carbons (Fsp3) is 0.500. The topological polar surface area (TPSA) is 41.1 Å². The molecule has 2 N–H and O–H groups in total. The average molecular weight is 313 g/mol. The maximum Gasteiger partial charge on any atom is 0.222 e. The minimum atomic E-state index is 0.0156. The molecule has 0 aliphatic rings. The van der Waals surface area contributed by atoms with Crippen LogP contribution in [-0.4, -0.2) is 18.5 Å². The highest BCUT2D eigenvalue weighted by atomic mass is 79.9. The molecular weight excluding hydrogens is 292 g/mol. The summed E-state index contributed by atoms with van der Waals surface area (Å²) in [7, 11) is 0. The van der Waals surface area contributed by atoms with Crippen LogP contribution in [0.1, 0.15) is 38.8 Å². The van der Waals surface area contributed by atoms with Gasteiger partial charge in [-0.15, -0.1) is 0 Å². The number of carbonyl (C=O) groups is 1. The van der Waals surface area contributed by atoms with Crippen molar-refractivity contribution in [2.24, 2.45) is 0 Å². The summed E-state index contributed by atoms with van der Waals surface area (Å²) < 4.78 is 1.03. The molecule has 0 saturated carbocycles. The molecular formula is C14H21BrN2O. The largest absolute Gasteiger partial charge is 0.349 e. The van der Waals surface area contributed by atoms with E-state index < -0.39 is 0 Å². The summed E-state index contributed by atoms with van der Waals surface area (Å²) in [6.07, 6.45) is 0.503. The number of nitrogens with one attached hydrogen (secondary N) is 2. The Morgan fingerprint density at radius 2 is 2.00 bits per heavy atom. The predicted molar refractivity (Wildman–Crippen MR) is 78.5 cm³/mol. The minimum absolute atomic E-state index is 0.0156. The quantitative estimate of drug-likeness (QED) is 0.847. The monoisotopic (exact) mass is 312 g/mol. The van der Waals surface area contributed by atoms with Crippen molar-refractivity contribution >= 4 is 21.8 Å². The lowest BCUT2D eigenvalue weighted by molar-refractivity contribution is -0.122. The summed E-state index contributed by atoms with van der Waals surface area (Å²) in [5, 5.41) is 6.25. The summed E-state index contributed by atoms with van der Waals surface area (Å²) in [6, 6.07) is 8.17. The van der Waals surface area contributed by atoms with Crippen LogP contribution in [0.5, 0.6) is 0 Å². The van der Waals surface area contributed by atoms with Gasteiger partial charge in [0.1, 0.15) is 0 Å². The van der Waals surface area contributed by atoms with Gasteiger partial charge in [-0.25, -0.2) is 0 Å². The van der Waals surface area contributed by atoms with E-state index >= 15 is 0 Å². The first-order chi connectivity index (χ1) is 8.54. The van der Waals surface area contributed by atoms with E-state index in [1.807, 2.05) is 45.0 Å². The van der Waals surface area contributed by atoms with Crippen LogP contribution in [0, 0.1) is 0 Å². The zero-order valence-corrected chi connectivity index (χ0v) is 12.8. The molecule has 1 unspecified atom stereocenters. The molecule has 1 amide bonds. The van der Waals surface area contributed by atoms with Gasteiger partial charge in [0.25, 0.3) is 0 Å². The van der Waals surface area contributed by atoms with Crippen LogP contribution in [0.3, 0.4) is 0 Å². The third kappa shape index (κ3) is 4.78. The Morgan fingerprint density at radius 1 is 1.33 bits per heavy atom. The summed E-state index contributed by atoms with van der Waals surface area (Å²) in [6.45, 7) is 6.94. The zero-order chi connectivity index (χ0) is 13.5. The van der Waals surface area contributed by atoms with Crippen molar-refractivity contribution in [3.05, 3.63) is 34.3 Å². The second-order valence-corrected chi connectivity index (χ2v) is 5.33. The molecule has 0 fully saturated rings. The van der Waals surface area contributed by atoms with Crippen molar-refractivity contribution < 1.29 is 4.79 Å². The summed E-state index contributed by atoms with van der Waals surface area (Å²) in [5.74, 6) is 0.0757. The van der Waals surface area contributed by atoms with E-state index in [0.29, 0.717) is 6.42 Å². The molecule has 3 nitrogen and oxygen atoms in total. The van der Waals surface area contributed by atoms with Gasteiger partial charge in [0, 0.05) is 16.9 Å². The van der Waals surface area contributed by atoms with Crippen molar-refractivity contribution in [2.45, 2.75) is 39.3 Å². The van der Waals surface area contributed by atoms with Gasteiger partial charge >= 0.3 is 0 Å². The highest BCUT2D eigenvalue weighted by molar-refractivity contribution is 9.10. The molecule has 0 radical (unpaired) electrons. The molecule has 0 spiro atoms. The number of benzene rings is 1. The van der Waals surface area contributed by atoms with E-state index in [4.69, 9.17) is 0 Å². The predicted octanol–water partition coefficient (Wildman–Crippen LogP) is 3.01. The summed E-state index contributed by atoms with van der Waals surface area (Å²) in [5.41, 5.74) is 1.10. The molecule has 2 atom stereocenters. The number of halogens is 1. The van der Waals surface area contributed by atoms with Crippen molar-refractivity contribution in [3.63, 3.8) is 0 Å². The molecule has 0 aliphatic carbocycles. The van der Waals surface area contributed by atoms with Crippen molar-refractivity contribution in [3.8, 4) is 0 Å². The Morgan fingerprint density at radius 3 is 2.61 bits per heavy atom. The standard InChI is InChI=1S/C14H21BrN2O/c1-4-16-10(2)9-14(18)17-11(3)12-7-5-6-8-13(12)15/h5-8,10-11,16H,4,9H2,1-3H3,(H,17,18)/t10?,11-/m1/s1. The lowest BCUT2D eigenvalue weighted by atomic mass is 10.1. The normalized spacial score (nSPS) is 14.0. The molecule has 0 heterocycles. The third-order valence-electron chi connectivity index (χ3n) is 2.79. The van der Waals surface area contributed by atoms with E-state index in [2.05, 4.69) is 26.6 Å². The number of carbonyl (C=O) groups excluding carboxylic acids is 1. The van der Waals surface area contributed by atoms with E-state index in [9.17, 15) is 4.79 Å². The van der Waals surface area contributed by atoms with E-state index in [1.165, 1.54) is 0 Å². The third-order valence-corrected chi connectivity index (χ3v) is 3.52. The molecule has 0 bridgehead atoms. The van der Waals surface area contributed by atoms with E-state index in [1.54, 1.807) is 0 Å². The molecule has 100 valence electrons. The van der Waals surface area contributed by atoms with Crippen LogP contribution in [0.4, 0.5) is 0 Å². The maximum atomic E-state index is 11.9. The Bertz CT molecular complexity index is 395. The SMILES string of the molecule is CCNC(C)CC(=O)N[C@H](C)c1ccccc1Br. The molecule has 0 aromatic heterocycles. The van der Waals surface area contributed by atoms with Gasteiger partial charge in [-0.1, -0.05) is 41.1 Å². The number of amides is 1. The lowest BCUT2D eigenvalue weighted by Gasteiger charge is -2.18. The van der Waals surface area contributed by atoms with Crippen LogP contribution in [0.25, 0.3) is 0 Å². The first-order valence-corrected chi connectivity index (χ1v) is 7.11. The fourth-order valence-electron chi connectivity index (χ4n) is 1.90. The molecule has 1 aromatic carbocycles. The number of hydrogen-bond donors (Lipinski definition) is 2. The fourth-order valence-corrected chi connectivity index (χ4v) is 2.53. The highest BCUT2D eigenvalue weighted by Gasteiger charge is 2.13.